The van der Waals surface area contributed by atoms with Gasteiger partial charge < -0.3 is 30.7 Å². The molecule has 1 aliphatic heterocycles. The van der Waals surface area contributed by atoms with Gasteiger partial charge in [0.1, 0.15) is 11.6 Å². The van der Waals surface area contributed by atoms with E-state index in [2.05, 4.69) is 41.3 Å². The molecule has 17 nitrogen and oxygen atoms in total. The van der Waals surface area contributed by atoms with Gasteiger partial charge in [-0.2, -0.15) is 5.21 Å². The number of H-pyrrole nitrogens is 1. The number of tetrazole rings is 1. The molecule has 2 fully saturated rings. The summed E-state index contributed by atoms with van der Waals surface area (Å²) in [7, 11) is -3.88. The fraction of sp³-hybridized carbons (Fsp3) is 0.439. The van der Waals surface area contributed by atoms with E-state index in [1.165, 1.54) is 11.0 Å². The fourth-order valence-corrected chi connectivity index (χ4v) is 8.73. The van der Waals surface area contributed by atoms with Crippen molar-refractivity contribution >= 4 is 39.7 Å². The van der Waals surface area contributed by atoms with E-state index in [-0.39, 0.29) is 48.1 Å². The number of aryl methyl sites for hydroxylation is 1. The summed E-state index contributed by atoms with van der Waals surface area (Å²) in [5, 5.41) is 32.0. The summed E-state index contributed by atoms with van der Waals surface area (Å²) >= 11 is 0. The van der Waals surface area contributed by atoms with E-state index in [1.54, 1.807) is 36.4 Å². The molecule has 1 saturated heterocycles. The highest BCUT2D eigenvalue weighted by Gasteiger charge is 2.32. The number of sulfonamides is 1. The third-order valence-corrected chi connectivity index (χ3v) is 12.1. The highest BCUT2D eigenvalue weighted by molar-refractivity contribution is 7.89. The van der Waals surface area contributed by atoms with Crippen LogP contribution in [0.3, 0.4) is 0 Å². The highest BCUT2D eigenvalue weighted by atomic mass is 32.2. The van der Waals surface area contributed by atoms with Crippen LogP contribution in [0.15, 0.2) is 71.6 Å². The molecule has 0 unspecified atom stereocenters. The van der Waals surface area contributed by atoms with Gasteiger partial charge in [-0.15, -0.1) is 10.2 Å². The van der Waals surface area contributed by atoms with Crippen molar-refractivity contribution in [2.75, 3.05) is 25.0 Å². The van der Waals surface area contributed by atoms with Crippen LogP contribution in [0.1, 0.15) is 64.0 Å². The Hall–Kier alpha value is -5.88. The third-order valence-electron chi connectivity index (χ3n) is 10.5. The Balaban J connectivity index is 1.11. The van der Waals surface area contributed by atoms with E-state index >= 15 is 0 Å². The molecule has 0 spiro atoms. The molecule has 2 atom stereocenters. The number of aromatic nitrogens is 4. The van der Waals surface area contributed by atoms with Crippen molar-refractivity contribution in [3.63, 3.8) is 0 Å². The van der Waals surface area contributed by atoms with Crippen molar-refractivity contribution in [2.24, 2.45) is 11.8 Å². The molecule has 0 bridgehead atoms. The second-order valence-electron chi connectivity index (χ2n) is 16.2. The first kappa shape index (κ1) is 42.7. The van der Waals surface area contributed by atoms with Gasteiger partial charge in [-0.3, -0.25) is 9.59 Å². The van der Waals surface area contributed by atoms with Gasteiger partial charge in [-0.25, -0.2) is 22.7 Å². The van der Waals surface area contributed by atoms with Crippen molar-refractivity contribution in [2.45, 2.75) is 88.8 Å². The normalized spacial score (nSPS) is 18.8. The van der Waals surface area contributed by atoms with E-state index in [9.17, 15) is 32.7 Å². The molecule has 4 aromatic rings. The lowest BCUT2D eigenvalue weighted by Crippen LogP contribution is -2.48. The monoisotopic (exact) mass is 829 g/mol. The average molecular weight is 830 g/mol. The Morgan fingerprint density at radius 2 is 1.64 bits per heavy atom. The quantitative estimate of drug-likeness (QED) is 0.106. The number of likely N-dealkylation sites (tertiary alicyclic amines) is 1. The number of aromatic amines is 1. The van der Waals surface area contributed by atoms with Crippen LogP contribution in [0.25, 0.3) is 22.5 Å². The Morgan fingerprint density at radius 3 is 2.25 bits per heavy atom. The fourth-order valence-electron chi connectivity index (χ4n) is 7.39. The molecule has 1 saturated carbocycles. The number of nitrogens with zero attached hydrogens (tertiary/aromatic N) is 4. The predicted molar refractivity (Wildman–Crippen MR) is 219 cm³/mol. The first-order valence-corrected chi connectivity index (χ1v) is 21.1. The van der Waals surface area contributed by atoms with Crippen molar-refractivity contribution in [1.29, 1.82) is 0 Å². The van der Waals surface area contributed by atoms with Crippen LogP contribution < -0.4 is 20.7 Å². The number of carboxylic acid groups (broad SMARTS) is 1. The van der Waals surface area contributed by atoms with E-state index in [1.807, 2.05) is 52.0 Å². The lowest BCUT2D eigenvalue weighted by atomic mass is 9.81. The summed E-state index contributed by atoms with van der Waals surface area (Å²) in [5.41, 5.74) is 3.82. The minimum absolute atomic E-state index is 0.0872. The van der Waals surface area contributed by atoms with Gasteiger partial charge in [0.2, 0.25) is 27.7 Å². The van der Waals surface area contributed by atoms with Crippen LogP contribution in [-0.2, 0) is 30.8 Å². The molecule has 314 valence electrons. The number of anilines is 1. The number of carbonyl (C=O) groups excluding carboxylic acids is 3. The zero-order chi connectivity index (χ0) is 42.3. The molecule has 0 radical (unpaired) electrons. The summed E-state index contributed by atoms with van der Waals surface area (Å²) in [6.45, 7) is 8.07. The number of hydrogen-bond acceptors (Lipinski definition) is 10. The molecular formula is C41H51N9O8S. The Bertz CT molecular complexity index is 2220. The number of hydrogen-bond donors (Lipinski definition) is 6. The summed E-state index contributed by atoms with van der Waals surface area (Å²) in [5.74, 6) is -0.263. The Kier molecular flexibility index (Phi) is 13.3. The lowest BCUT2D eigenvalue weighted by molar-refractivity contribution is -0.130. The second kappa shape index (κ2) is 18.4. The van der Waals surface area contributed by atoms with Crippen LogP contribution >= 0.6 is 0 Å². The molecule has 4 amide bonds. The molecule has 59 heavy (non-hydrogen) atoms. The van der Waals surface area contributed by atoms with Crippen molar-refractivity contribution in [3.8, 4) is 22.5 Å². The molecule has 3 aromatic carbocycles. The number of carbonyl (C=O) groups is 4. The van der Waals surface area contributed by atoms with E-state index in [4.69, 9.17) is 4.74 Å². The van der Waals surface area contributed by atoms with Crippen LogP contribution in [-0.4, -0.2) is 100 Å². The van der Waals surface area contributed by atoms with Gasteiger partial charge in [0.15, 0.2) is 0 Å². The molecule has 1 aromatic heterocycles. The molecule has 6 N–H and O–H groups in total. The minimum atomic E-state index is -3.88. The molecule has 2 aliphatic rings. The second-order valence-corrected chi connectivity index (χ2v) is 17.9. The van der Waals surface area contributed by atoms with E-state index in [0.29, 0.717) is 42.9 Å². The largest absolute Gasteiger partial charge is 0.465 e. The zero-order valence-electron chi connectivity index (χ0n) is 33.5. The summed E-state index contributed by atoms with van der Waals surface area (Å²) in [6, 6.07) is 17.9. The van der Waals surface area contributed by atoms with E-state index < -0.39 is 39.9 Å². The standard InChI is InChI=1S/C41H51N9O8S/c1-25-21-33(59(56,57)47-32-19-20-50(24-32)40(54)55)17-18-34(25)28-9-5-26(6-10-28)22-35(38(52)43-31-15-13-29(14-16-31)36-45-48-49-46-36)44-37(51)30-11-7-27(8-12-30)23-42-39(53)58-41(2,3)4/h5-6,9-10,13-18,21,27,30,32,35,47H,7-8,11-12,19-20,22-24H2,1-4H3,(H,42,53)(H,43,52)(H,44,51)(H,54,55)(H,45,46,48,49)/t27?,30?,32-,35+/m1/s1. The average Bonchev–Trinajstić information content (AvgIpc) is 3.90. The molecular weight excluding hydrogens is 779 g/mol. The van der Waals surface area contributed by atoms with Gasteiger partial charge in [0.05, 0.1) is 4.90 Å². The topological polar surface area (TPSA) is 238 Å². The van der Waals surface area contributed by atoms with Crippen LogP contribution in [0.5, 0.6) is 0 Å². The zero-order valence-corrected chi connectivity index (χ0v) is 34.3. The Labute approximate surface area is 343 Å². The first-order chi connectivity index (χ1) is 28.0. The summed E-state index contributed by atoms with van der Waals surface area (Å²) in [6.07, 6.45) is 1.78. The number of benzene rings is 3. The van der Waals surface area contributed by atoms with E-state index in [0.717, 1.165) is 35.1 Å². The Morgan fingerprint density at radius 1 is 0.949 bits per heavy atom. The number of amides is 4. The van der Waals surface area contributed by atoms with Crippen molar-refractivity contribution in [3.05, 3.63) is 77.9 Å². The van der Waals surface area contributed by atoms with Gasteiger partial charge in [0.25, 0.3) is 0 Å². The van der Waals surface area contributed by atoms with Crippen molar-refractivity contribution < 1.29 is 37.4 Å². The van der Waals surface area contributed by atoms with Gasteiger partial charge in [-0.1, -0.05) is 30.3 Å². The van der Waals surface area contributed by atoms with Gasteiger partial charge in [-0.05, 0) is 130 Å². The molecule has 6 rings (SSSR count). The predicted octanol–water partition coefficient (Wildman–Crippen LogP) is 4.87. The highest BCUT2D eigenvalue weighted by Crippen LogP contribution is 2.30. The maximum absolute atomic E-state index is 13.8. The smallest absolute Gasteiger partial charge is 0.407 e. The molecule has 18 heteroatoms. The number of alkyl carbamates (subject to hydrolysis) is 1. The number of nitrogens with one attached hydrogen (secondary N) is 5. The third kappa shape index (κ3) is 11.6. The van der Waals surface area contributed by atoms with Crippen LogP contribution in [0, 0.1) is 18.8 Å². The van der Waals surface area contributed by atoms with Crippen LogP contribution in [0.2, 0.25) is 0 Å². The summed E-state index contributed by atoms with van der Waals surface area (Å²) in [4.78, 5) is 52.3. The van der Waals surface area contributed by atoms with Gasteiger partial charge in [0, 0.05) is 49.3 Å². The number of rotatable bonds is 13. The maximum Gasteiger partial charge on any atom is 0.407 e. The SMILES string of the molecule is Cc1cc(S(=O)(=O)N[C@@H]2CCN(C(=O)O)C2)ccc1-c1ccc(C[C@H](NC(=O)C2CCC(CNC(=O)OC(C)(C)C)CC2)C(=O)Nc2ccc(-c3nn[nH]n3)cc2)cc1. The van der Waals surface area contributed by atoms with Crippen molar-refractivity contribution in [1.82, 2.24) is 40.9 Å². The minimum Gasteiger partial charge on any atom is -0.465 e. The van der Waals surface area contributed by atoms with Gasteiger partial charge >= 0.3 is 12.2 Å². The lowest BCUT2D eigenvalue weighted by Gasteiger charge is -2.29. The summed E-state index contributed by atoms with van der Waals surface area (Å²) < 4.78 is 34.3. The molecule has 1 aliphatic carbocycles. The molecule has 2 heterocycles. The first-order valence-electron chi connectivity index (χ1n) is 19.6. The maximum atomic E-state index is 13.8. The number of ether oxygens (including phenoxy) is 1. The van der Waals surface area contributed by atoms with Crippen LogP contribution in [0.4, 0.5) is 15.3 Å².